The molecule has 0 aliphatic carbocycles. The van der Waals surface area contributed by atoms with Crippen LogP contribution in [0.2, 0.25) is 0 Å². The van der Waals surface area contributed by atoms with Crippen LogP contribution in [0.1, 0.15) is 20.0 Å². The monoisotopic (exact) mass is 233 g/mol. The highest BCUT2D eigenvalue weighted by Crippen LogP contribution is 2.25. The smallest absolute Gasteiger partial charge is 0.337 e. The van der Waals surface area contributed by atoms with Crippen molar-refractivity contribution in [3.8, 4) is 11.3 Å². The molecule has 0 fully saturated rings. The standard InChI is InChI=1S/C11H7NO3S/c13-5-8-4-7(6-16-8)10-9(11(14)15)2-1-3-12-10/h1-6H,(H,14,15). The molecule has 2 aromatic heterocycles. The lowest BCUT2D eigenvalue weighted by Crippen LogP contribution is -2.00. The highest BCUT2D eigenvalue weighted by Gasteiger charge is 2.13. The predicted molar refractivity (Wildman–Crippen MR) is 59.9 cm³/mol. The van der Waals surface area contributed by atoms with Crippen molar-refractivity contribution >= 4 is 23.6 Å². The van der Waals surface area contributed by atoms with E-state index in [0.29, 0.717) is 16.1 Å². The van der Waals surface area contributed by atoms with Crippen LogP contribution in [0.3, 0.4) is 0 Å². The third-order valence-corrected chi connectivity index (χ3v) is 2.91. The second kappa shape index (κ2) is 4.24. The first-order valence-electron chi connectivity index (χ1n) is 4.45. The van der Waals surface area contributed by atoms with Gasteiger partial charge in [-0.15, -0.1) is 11.3 Å². The summed E-state index contributed by atoms with van der Waals surface area (Å²) >= 11 is 1.26. The Morgan fingerprint density at radius 2 is 2.31 bits per heavy atom. The number of aromatic nitrogens is 1. The lowest BCUT2D eigenvalue weighted by molar-refractivity contribution is 0.0697. The van der Waals surface area contributed by atoms with E-state index < -0.39 is 5.97 Å². The van der Waals surface area contributed by atoms with Gasteiger partial charge < -0.3 is 5.11 Å². The van der Waals surface area contributed by atoms with Gasteiger partial charge in [0.2, 0.25) is 0 Å². The lowest BCUT2D eigenvalue weighted by atomic mass is 10.1. The van der Waals surface area contributed by atoms with Crippen LogP contribution >= 0.6 is 11.3 Å². The maximum absolute atomic E-state index is 11.0. The van der Waals surface area contributed by atoms with Gasteiger partial charge in [0.1, 0.15) is 0 Å². The van der Waals surface area contributed by atoms with Crippen molar-refractivity contribution in [2.75, 3.05) is 0 Å². The predicted octanol–water partition coefficient (Wildman–Crippen LogP) is 2.32. The molecule has 0 atom stereocenters. The van der Waals surface area contributed by atoms with E-state index in [-0.39, 0.29) is 5.56 Å². The van der Waals surface area contributed by atoms with E-state index in [1.54, 1.807) is 17.5 Å². The summed E-state index contributed by atoms with van der Waals surface area (Å²) in [5.74, 6) is -1.03. The van der Waals surface area contributed by atoms with E-state index >= 15 is 0 Å². The van der Waals surface area contributed by atoms with Crippen LogP contribution in [0.4, 0.5) is 0 Å². The number of hydrogen-bond acceptors (Lipinski definition) is 4. The first-order chi connectivity index (χ1) is 7.72. The molecule has 2 aromatic rings. The van der Waals surface area contributed by atoms with Gasteiger partial charge in [-0.2, -0.15) is 0 Å². The molecular formula is C11H7NO3S. The van der Waals surface area contributed by atoms with Crippen LogP contribution in [0.25, 0.3) is 11.3 Å². The van der Waals surface area contributed by atoms with E-state index in [4.69, 9.17) is 5.11 Å². The summed E-state index contributed by atoms with van der Waals surface area (Å²) in [7, 11) is 0. The zero-order valence-electron chi connectivity index (χ0n) is 8.08. The molecule has 0 bridgehead atoms. The van der Waals surface area contributed by atoms with Gasteiger partial charge in [0.05, 0.1) is 16.1 Å². The maximum atomic E-state index is 11.0. The Hall–Kier alpha value is -2.01. The van der Waals surface area contributed by atoms with Crippen molar-refractivity contribution in [3.05, 3.63) is 40.2 Å². The number of carbonyl (C=O) groups excluding carboxylic acids is 1. The number of pyridine rings is 1. The summed E-state index contributed by atoms with van der Waals surface area (Å²) in [6.45, 7) is 0. The summed E-state index contributed by atoms with van der Waals surface area (Å²) in [6.07, 6.45) is 2.26. The summed E-state index contributed by atoms with van der Waals surface area (Å²) in [5.41, 5.74) is 1.18. The molecule has 0 radical (unpaired) electrons. The third kappa shape index (κ3) is 1.85. The minimum Gasteiger partial charge on any atom is -0.478 e. The molecule has 0 saturated heterocycles. The Bertz CT molecular complexity index is 548. The fourth-order valence-corrected chi connectivity index (χ4v) is 2.04. The molecule has 0 aliphatic heterocycles. The average molecular weight is 233 g/mol. The van der Waals surface area contributed by atoms with Crippen molar-refractivity contribution in [2.45, 2.75) is 0 Å². The van der Waals surface area contributed by atoms with Gasteiger partial charge in [-0.3, -0.25) is 9.78 Å². The van der Waals surface area contributed by atoms with Gasteiger partial charge in [-0.1, -0.05) is 0 Å². The number of carbonyl (C=O) groups is 2. The Morgan fingerprint density at radius 3 is 2.94 bits per heavy atom. The normalized spacial score (nSPS) is 10.0. The van der Waals surface area contributed by atoms with Crippen molar-refractivity contribution in [3.63, 3.8) is 0 Å². The van der Waals surface area contributed by atoms with Crippen LogP contribution in [0.15, 0.2) is 29.8 Å². The van der Waals surface area contributed by atoms with Crippen molar-refractivity contribution in [2.24, 2.45) is 0 Å². The zero-order chi connectivity index (χ0) is 11.5. The number of carboxylic acid groups (broad SMARTS) is 1. The van der Waals surface area contributed by atoms with Crippen LogP contribution in [-0.2, 0) is 0 Å². The Labute approximate surface area is 95.2 Å². The van der Waals surface area contributed by atoms with E-state index in [1.165, 1.54) is 23.6 Å². The van der Waals surface area contributed by atoms with Gasteiger partial charge in [0, 0.05) is 17.1 Å². The fraction of sp³-hybridized carbons (Fsp3) is 0. The van der Waals surface area contributed by atoms with Gasteiger partial charge in [0.15, 0.2) is 6.29 Å². The number of nitrogens with zero attached hydrogens (tertiary/aromatic N) is 1. The SMILES string of the molecule is O=Cc1cc(-c2ncccc2C(=O)O)cs1. The molecule has 0 aromatic carbocycles. The quantitative estimate of drug-likeness (QED) is 0.826. The van der Waals surface area contributed by atoms with Crippen molar-refractivity contribution < 1.29 is 14.7 Å². The number of rotatable bonds is 3. The summed E-state index contributed by atoms with van der Waals surface area (Å²) in [5, 5.41) is 10.7. The van der Waals surface area contributed by atoms with E-state index in [2.05, 4.69) is 4.98 Å². The molecule has 5 heteroatoms. The Morgan fingerprint density at radius 1 is 1.50 bits per heavy atom. The number of carboxylic acids is 1. The molecule has 0 amide bonds. The van der Waals surface area contributed by atoms with Crippen LogP contribution in [-0.4, -0.2) is 22.3 Å². The van der Waals surface area contributed by atoms with E-state index in [9.17, 15) is 9.59 Å². The van der Waals surface area contributed by atoms with Gasteiger partial charge in [0.25, 0.3) is 0 Å². The van der Waals surface area contributed by atoms with Crippen LogP contribution in [0.5, 0.6) is 0 Å². The molecule has 0 aliphatic rings. The lowest BCUT2D eigenvalue weighted by Gasteiger charge is -2.01. The molecule has 2 rings (SSSR count). The molecule has 0 spiro atoms. The molecule has 16 heavy (non-hydrogen) atoms. The van der Waals surface area contributed by atoms with Gasteiger partial charge in [-0.25, -0.2) is 4.79 Å². The average Bonchev–Trinajstić information content (AvgIpc) is 2.77. The zero-order valence-corrected chi connectivity index (χ0v) is 8.90. The highest BCUT2D eigenvalue weighted by atomic mass is 32.1. The molecule has 1 N–H and O–H groups in total. The third-order valence-electron chi connectivity index (χ3n) is 2.05. The van der Waals surface area contributed by atoms with Crippen molar-refractivity contribution in [1.82, 2.24) is 4.98 Å². The van der Waals surface area contributed by atoms with E-state index in [0.717, 1.165) is 6.29 Å². The topological polar surface area (TPSA) is 67.3 Å². The van der Waals surface area contributed by atoms with Crippen LogP contribution < -0.4 is 0 Å². The number of thiophene rings is 1. The largest absolute Gasteiger partial charge is 0.478 e. The molecular weight excluding hydrogens is 226 g/mol. The van der Waals surface area contributed by atoms with Crippen molar-refractivity contribution in [1.29, 1.82) is 0 Å². The minimum atomic E-state index is -1.03. The number of aromatic carboxylic acids is 1. The summed E-state index contributed by atoms with van der Waals surface area (Å²) < 4.78 is 0. The highest BCUT2D eigenvalue weighted by molar-refractivity contribution is 7.12. The summed E-state index contributed by atoms with van der Waals surface area (Å²) in [4.78, 5) is 26.1. The van der Waals surface area contributed by atoms with Gasteiger partial charge in [-0.05, 0) is 18.2 Å². The van der Waals surface area contributed by atoms with Crippen LogP contribution in [0, 0.1) is 0 Å². The number of hydrogen-bond donors (Lipinski definition) is 1. The first-order valence-corrected chi connectivity index (χ1v) is 5.32. The second-order valence-corrected chi connectivity index (χ2v) is 4.00. The maximum Gasteiger partial charge on any atom is 0.337 e. The second-order valence-electron chi connectivity index (χ2n) is 3.06. The molecule has 0 unspecified atom stereocenters. The van der Waals surface area contributed by atoms with Gasteiger partial charge >= 0.3 is 5.97 Å². The Kier molecular flexibility index (Phi) is 2.78. The van der Waals surface area contributed by atoms with E-state index in [1.807, 2.05) is 0 Å². The first kappa shape index (κ1) is 10.5. The molecule has 0 saturated carbocycles. The Balaban J connectivity index is 2.54. The minimum absolute atomic E-state index is 0.137. The fourth-order valence-electron chi connectivity index (χ4n) is 1.35. The summed E-state index contributed by atoms with van der Waals surface area (Å²) in [6, 6.07) is 4.69. The molecule has 4 nitrogen and oxygen atoms in total. The molecule has 80 valence electrons. The molecule has 2 heterocycles. The number of aldehydes is 1.